The predicted octanol–water partition coefficient (Wildman–Crippen LogP) is 5.30. The highest BCUT2D eigenvalue weighted by Gasteiger charge is 2.20. The highest BCUT2D eigenvalue weighted by Crippen LogP contribution is 2.17. The monoisotopic (exact) mass is 314 g/mol. The Balaban J connectivity index is 0.000000734. The minimum absolute atomic E-state index is 0.0463. The third-order valence-corrected chi connectivity index (χ3v) is 4.07. The first-order valence-corrected chi connectivity index (χ1v) is 9.43. The molecule has 1 aliphatic rings. The summed E-state index contributed by atoms with van der Waals surface area (Å²) in [4.78, 5) is 9.44. The fourth-order valence-electron chi connectivity index (χ4n) is 2.39. The van der Waals surface area contributed by atoms with Gasteiger partial charge in [-0.25, -0.2) is 0 Å². The molecule has 1 fully saturated rings. The normalized spacial score (nSPS) is 19.0. The quantitative estimate of drug-likeness (QED) is 0.263. The Hall–Kier alpha value is -0.410. The Labute approximate surface area is 138 Å². The van der Waals surface area contributed by atoms with Crippen LogP contribution in [0.25, 0.3) is 0 Å². The van der Waals surface area contributed by atoms with Gasteiger partial charge in [-0.2, -0.15) is 0 Å². The van der Waals surface area contributed by atoms with Crippen molar-refractivity contribution in [3.8, 4) is 0 Å². The summed E-state index contributed by atoms with van der Waals surface area (Å²) in [5.41, 5.74) is 0. The maximum Gasteiger partial charge on any atom is 0.151 e. The Morgan fingerprint density at radius 2 is 1.41 bits per heavy atom. The number of aldehydes is 1. The number of rotatable bonds is 13. The largest absolute Gasteiger partial charge is 0.375 e. The zero-order chi connectivity index (χ0) is 16.6. The second-order valence-electron chi connectivity index (χ2n) is 6.20. The molecule has 3 nitrogen and oxygen atoms in total. The molecular formula is C19H38O3. The van der Waals surface area contributed by atoms with Crippen LogP contribution in [0, 0.1) is 0 Å². The minimum atomic E-state index is -0.0463. The van der Waals surface area contributed by atoms with E-state index in [0.717, 1.165) is 6.29 Å². The number of epoxide rings is 1. The summed E-state index contributed by atoms with van der Waals surface area (Å²) in [6.07, 6.45) is 14.6. The molecule has 0 aromatic heterocycles. The fraction of sp³-hybridized carbons (Fsp3) is 0.947. The molecule has 22 heavy (non-hydrogen) atoms. The average molecular weight is 315 g/mol. The summed E-state index contributed by atoms with van der Waals surface area (Å²) < 4.78 is 10.7. The third kappa shape index (κ3) is 13.3. The average Bonchev–Trinajstić information content (AvgIpc) is 3.37. The van der Waals surface area contributed by atoms with Crippen molar-refractivity contribution in [1.82, 2.24) is 0 Å². The molecule has 0 spiro atoms. The Kier molecular flexibility index (Phi) is 15.2. The molecule has 1 saturated heterocycles. The second-order valence-corrected chi connectivity index (χ2v) is 6.20. The van der Waals surface area contributed by atoms with Crippen LogP contribution < -0.4 is 0 Å². The molecule has 0 aromatic rings. The first kappa shape index (κ1) is 21.6. The number of carbonyl (C=O) groups is 1. The number of hydrogen-bond acceptors (Lipinski definition) is 3. The van der Waals surface area contributed by atoms with Gasteiger partial charge >= 0.3 is 0 Å². The standard InChI is InChI=1S/C16H34O.C3H4O2/c1-5-9-11-13-15(7-3)17-16(8-4)14-12-10-6-2;4-1-3-2-5-3/h15-16H,5-14H2,1-4H3;1,3H,2H2. The summed E-state index contributed by atoms with van der Waals surface area (Å²) >= 11 is 0. The Morgan fingerprint density at radius 1 is 0.955 bits per heavy atom. The van der Waals surface area contributed by atoms with Gasteiger partial charge in [0.05, 0.1) is 18.8 Å². The summed E-state index contributed by atoms with van der Waals surface area (Å²) in [6, 6.07) is 0. The van der Waals surface area contributed by atoms with Crippen molar-refractivity contribution in [3.05, 3.63) is 0 Å². The first-order valence-electron chi connectivity index (χ1n) is 9.43. The van der Waals surface area contributed by atoms with E-state index in [2.05, 4.69) is 32.4 Å². The minimum Gasteiger partial charge on any atom is -0.375 e. The molecular weight excluding hydrogens is 276 g/mol. The summed E-state index contributed by atoms with van der Waals surface area (Å²) in [5, 5.41) is 0. The van der Waals surface area contributed by atoms with Crippen molar-refractivity contribution in [3.63, 3.8) is 0 Å². The lowest BCUT2D eigenvalue weighted by Gasteiger charge is -2.23. The van der Waals surface area contributed by atoms with E-state index in [-0.39, 0.29) is 6.10 Å². The summed E-state index contributed by atoms with van der Waals surface area (Å²) in [6.45, 7) is 9.69. The van der Waals surface area contributed by atoms with Crippen molar-refractivity contribution in [1.29, 1.82) is 0 Å². The molecule has 0 saturated carbocycles. The van der Waals surface area contributed by atoms with Crippen LogP contribution in [0.15, 0.2) is 0 Å². The summed E-state index contributed by atoms with van der Waals surface area (Å²) in [7, 11) is 0. The Bertz CT molecular complexity index is 223. The molecule has 0 bridgehead atoms. The van der Waals surface area contributed by atoms with Gasteiger partial charge in [0.1, 0.15) is 6.10 Å². The van der Waals surface area contributed by atoms with Crippen molar-refractivity contribution in [2.75, 3.05) is 6.61 Å². The van der Waals surface area contributed by atoms with E-state index < -0.39 is 0 Å². The Morgan fingerprint density at radius 3 is 1.64 bits per heavy atom. The second kappa shape index (κ2) is 15.5. The highest BCUT2D eigenvalue weighted by atomic mass is 16.6. The van der Waals surface area contributed by atoms with Gasteiger partial charge in [-0.05, 0) is 25.7 Å². The smallest absolute Gasteiger partial charge is 0.151 e. The van der Waals surface area contributed by atoms with E-state index in [9.17, 15) is 4.79 Å². The molecule has 0 amide bonds. The molecule has 132 valence electrons. The lowest BCUT2D eigenvalue weighted by molar-refractivity contribution is -0.108. The van der Waals surface area contributed by atoms with Gasteiger partial charge in [0.25, 0.3) is 0 Å². The van der Waals surface area contributed by atoms with Gasteiger partial charge in [-0.15, -0.1) is 0 Å². The zero-order valence-corrected chi connectivity index (χ0v) is 15.3. The maximum atomic E-state index is 9.44. The third-order valence-electron chi connectivity index (χ3n) is 4.07. The van der Waals surface area contributed by atoms with E-state index in [1.807, 2.05) is 0 Å². The number of unbranched alkanes of at least 4 members (excludes halogenated alkanes) is 4. The van der Waals surface area contributed by atoms with Crippen LogP contribution in [0.5, 0.6) is 0 Å². The lowest BCUT2D eigenvalue weighted by atomic mass is 10.1. The van der Waals surface area contributed by atoms with Crippen molar-refractivity contribution in [2.24, 2.45) is 0 Å². The molecule has 3 atom stereocenters. The van der Waals surface area contributed by atoms with Crippen LogP contribution in [-0.4, -0.2) is 31.2 Å². The van der Waals surface area contributed by atoms with Crippen molar-refractivity contribution in [2.45, 2.75) is 110 Å². The van der Waals surface area contributed by atoms with E-state index in [1.165, 1.54) is 64.2 Å². The first-order chi connectivity index (χ1) is 10.7. The van der Waals surface area contributed by atoms with Crippen LogP contribution in [-0.2, 0) is 14.3 Å². The van der Waals surface area contributed by atoms with Gasteiger partial charge < -0.3 is 14.3 Å². The fourth-order valence-corrected chi connectivity index (χ4v) is 2.39. The molecule has 3 heteroatoms. The molecule has 3 unspecified atom stereocenters. The van der Waals surface area contributed by atoms with Crippen molar-refractivity contribution < 1.29 is 14.3 Å². The van der Waals surface area contributed by atoms with Gasteiger partial charge in [-0.3, -0.25) is 0 Å². The number of hydrogen-bond donors (Lipinski definition) is 0. The van der Waals surface area contributed by atoms with Gasteiger partial charge in [0, 0.05) is 0 Å². The highest BCUT2D eigenvalue weighted by molar-refractivity contribution is 5.58. The van der Waals surface area contributed by atoms with Crippen molar-refractivity contribution >= 4 is 6.29 Å². The van der Waals surface area contributed by atoms with Crippen LogP contribution in [0.1, 0.15) is 91.9 Å². The van der Waals surface area contributed by atoms with E-state index in [1.54, 1.807) is 0 Å². The zero-order valence-electron chi connectivity index (χ0n) is 15.3. The van der Waals surface area contributed by atoms with E-state index >= 15 is 0 Å². The topological polar surface area (TPSA) is 38.8 Å². The molecule has 1 heterocycles. The predicted molar refractivity (Wildman–Crippen MR) is 93.3 cm³/mol. The van der Waals surface area contributed by atoms with Crippen LogP contribution >= 0.6 is 0 Å². The van der Waals surface area contributed by atoms with Crippen LogP contribution in [0.2, 0.25) is 0 Å². The number of ether oxygens (including phenoxy) is 2. The molecule has 0 N–H and O–H groups in total. The number of carbonyl (C=O) groups excluding carboxylic acids is 1. The molecule has 0 aromatic carbocycles. The maximum absolute atomic E-state index is 9.44. The van der Waals surface area contributed by atoms with Gasteiger partial charge in [0.15, 0.2) is 6.29 Å². The SMILES string of the molecule is CCCCCC(CC)OC(CC)CCCCC.O=CC1CO1. The molecule has 0 aliphatic carbocycles. The van der Waals surface area contributed by atoms with E-state index in [0.29, 0.717) is 18.8 Å². The van der Waals surface area contributed by atoms with Gasteiger partial charge in [0.2, 0.25) is 0 Å². The molecule has 1 aliphatic heterocycles. The van der Waals surface area contributed by atoms with E-state index in [4.69, 9.17) is 4.74 Å². The van der Waals surface area contributed by atoms with Crippen LogP contribution in [0.3, 0.4) is 0 Å². The molecule has 0 radical (unpaired) electrons. The summed E-state index contributed by atoms with van der Waals surface area (Å²) in [5.74, 6) is 0. The van der Waals surface area contributed by atoms with Crippen LogP contribution in [0.4, 0.5) is 0 Å². The lowest BCUT2D eigenvalue weighted by Crippen LogP contribution is -2.21. The molecule has 1 rings (SSSR count). The van der Waals surface area contributed by atoms with Gasteiger partial charge in [-0.1, -0.05) is 66.2 Å².